The van der Waals surface area contributed by atoms with Crippen molar-refractivity contribution in [3.63, 3.8) is 0 Å². The summed E-state index contributed by atoms with van der Waals surface area (Å²) in [6.07, 6.45) is 3.26. The molecular formula is C88H86B6Cl3IN14O30S6. The number of methoxy groups -OCH3 is 2. The van der Waals surface area contributed by atoms with Crippen molar-refractivity contribution in [2.75, 3.05) is 73.8 Å². The fourth-order valence-electron chi connectivity index (χ4n) is 15.2. The third kappa shape index (κ3) is 25.7. The Morgan fingerprint density at radius 3 is 1.28 bits per heavy atom. The molecule has 10 aliphatic rings. The van der Waals surface area contributed by atoms with E-state index in [1.807, 2.05) is 71.1 Å². The van der Waals surface area contributed by atoms with Crippen LogP contribution in [0.4, 0.5) is 4.79 Å². The number of aryl methyl sites for hydroxylation is 3. The van der Waals surface area contributed by atoms with Crippen molar-refractivity contribution in [3.05, 3.63) is 164 Å². The first-order valence-electron chi connectivity index (χ1n) is 44.4. The SMILES string of the molecule is COc1ccc(COc2ccc(C(=O)N(CCN3CCCC3)C(=O)OC(C)(C)C)c(Cl)c2OCc2ccc(OC)cc2)cc1.[B]OC(=O)C1=C(CCl)CS(=O)[C@@H]2[C@H](NC(=O)/C(=N/OC3(C(=O)O[B])CC3)c3csc(C)n3)C(=O)N12.[B]OC(=O)C1=C(CCl)CS[C@@H]2[C@H](NC(=O)/C(=N/OC3(C(=O)O[B])CC3)c3csc(C)n3)C(=O)N12.[B]OC(=O)C1=C(CI)CS(=O)[C@@H]2[C@H](NC(=O)/C(=N/OC3(C(=O)O[B])CC3)c3csc(C)n3)C(=O)N12. The van der Waals surface area contributed by atoms with Gasteiger partial charge in [0.05, 0.1) is 72.9 Å². The standard InChI is InChI=1S/C34H41ClN2O7.C18H15B2ClN4O8S2.C18H15B2ClN4O7S2.C18H15B2IN4O8S2/c1-34(2,3)44-33(39)37(21-20-36-18-6-7-19-36)32(38)28-16-17-29(42-22-24-8-12-26(40-4)13-9-24)31(30(28)35)43-23-25-10-14-27(41-5)15-11-25;1-7-22-9(5-34-7)10(24-33-18(2-3-18)17(29)32-20)13(26)23-11-14(27)25-12(16(28)31-19)8(4-21)6-35(30)15(11)25;1-7-22-9(6-33-7)10(24-32-18(2-3-18)17(29)31-20)13(26)23-11-14(27)25-12(16(28)30-19)8(4-21)5-34-15(11)25;1-7-22-9(5-34-7)10(24-33-18(2-3-18)17(29)32-20)13(26)23-11-14(27)25-12(16(28)31-19)8(4-21)6-35(30)15(11)25/h8-17H,6-7,18-23H2,1-5H3;5,11,15H,2-4,6H2,1H3,(H,23,26);6,11,15H,2-5H2,1H3,(H,23,26);5,11,15H,2-4,6H2,1H3,(H,23,26)/b;3*24-10+/t;11-,15-,35?;11-,15-;11-,15-,35?/m.111/s1. The predicted molar refractivity (Wildman–Crippen MR) is 547 cm³/mol. The fourth-order valence-corrected chi connectivity index (χ4v) is 23.7. The van der Waals surface area contributed by atoms with Crippen LogP contribution < -0.4 is 34.9 Å². The lowest BCUT2D eigenvalue weighted by atomic mass is 10.0. The molecule has 770 valence electrons. The molecule has 2 unspecified atom stereocenters. The zero-order valence-electron chi connectivity index (χ0n) is 79.7. The van der Waals surface area contributed by atoms with E-state index in [9.17, 15) is 75.5 Å². The van der Waals surface area contributed by atoms with Gasteiger partial charge in [-0.3, -0.25) is 56.7 Å². The molecule has 3 aromatic carbocycles. The zero-order valence-corrected chi connectivity index (χ0v) is 89.0. The number of likely N-dealkylation sites (tertiary alicyclic amines) is 1. The van der Waals surface area contributed by atoms with Gasteiger partial charge in [0, 0.05) is 89.7 Å². The number of β-lactam (4-membered cyclic amide) rings is 3. The van der Waals surface area contributed by atoms with Crippen molar-refractivity contribution in [2.24, 2.45) is 15.5 Å². The van der Waals surface area contributed by atoms with Gasteiger partial charge in [0.1, 0.15) is 98.7 Å². The van der Waals surface area contributed by atoms with Gasteiger partial charge in [-0.25, -0.2) is 53.4 Å². The molecule has 148 heavy (non-hydrogen) atoms. The number of ether oxygens (including phenoxy) is 5. The van der Waals surface area contributed by atoms with E-state index in [4.69, 9.17) is 121 Å². The zero-order chi connectivity index (χ0) is 107. The number of thiazole rings is 3. The Balaban J connectivity index is 0.000000166. The molecule has 7 fully saturated rings. The second-order valence-electron chi connectivity index (χ2n) is 34.5. The lowest BCUT2D eigenvalue weighted by Gasteiger charge is -2.49. The van der Waals surface area contributed by atoms with E-state index < -0.39 is 162 Å². The van der Waals surface area contributed by atoms with Crippen molar-refractivity contribution < 1.29 is 142 Å². The molecule has 60 heteroatoms. The van der Waals surface area contributed by atoms with Crippen LogP contribution in [0, 0.1) is 20.8 Å². The molecule has 16 rings (SSSR count). The second-order valence-corrected chi connectivity index (χ2v) is 43.6. The van der Waals surface area contributed by atoms with Crippen LogP contribution in [0.2, 0.25) is 5.02 Å². The van der Waals surface area contributed by atoms with Crippen LogP contribution >= 0.6 is 103 Å². The van der Waals surface area contributed by atoms with Crippen LogP contribution in [-0.2, 0) is 140 Å². The number of nitrogens with zero attached hydrogens (tertiary/aromatic N) is 11. The summed E-state index contributed by atoms with van der Waals surface area (Å²) in [5.74, 6) is -8.25. The van der Waals surface area contributed by atoms with Gasteiger partial charge in [-0.2, -0.15) is 0 Å². The normalized spacial score (nSPS) is 20.9. The molecule has 8 amide bonds. The van der Waals surface area contributed by atoms with Crippen molar-refractivity contribution in [1.82, 2.24) is 55.4 Å². The molecule has 4 saturated heterocycles. The Hall–Kier alpha value is -11.4. The van der Waals surface area contributed by atoms with Gasteiger partial charge in [-0.15, -0.1) is 69.0 Å². The largest absolute Gasteiger partial charge is 0.540 e. The van der Waals surface area contributed by atoms with Crippen molar-refractivity contribution in [2.45, 2.75) is 163 Å². The van der Waals surface area contributed by atoms with E-state index in [1.54, 1.807) is 78.7 Å². The minimum absolute atomic E-state index is 0.00719. The summed E-state index contributed by atoms with van der Waals surface area (Å²) in [5, 5.41) is 23.1. The summed E-state index contributed by atoms with van der Waals surface area (Å²) in [6.45, 7) is 13.4. The van der Waals surface area contributed by atoms with Gasteiger partial charge in [-0.1, -0.05) is 73.9 Å². The lowest BCUT2D eigenvalue weighted by molar-refractivity contribution is -0.151. The van der Waals surface area contributed by atoms with Crippen LogP contribution in [0.5, 0.6) is 23.0 Å². The topological polar surface area (TPSA) is 530 Å². The first kappa shape index (κ1) is 114. The molecule has 0 spiro atoms. The number of oxime groups is 3. The number of carbonyl (C=O) groups is 14. The van der Waals surface area contributed by atoms with Crippen molar-refractivity contribution >= 4 is 273 Å². The minimum atomic E-state index is -1.69. The molecule has 3 saturated carbocycles. The number of nitrogens with one attached hydrogen (secondary N) is 3. The van der Waals surface area contributed by atoms with Gasteiger partial charge >= 0.3 is 90.2 Å². The van der Waals surface area contributed by atoms with E-state index in [-0.39, 0.29) is 129 Å². The Morgan fingerprint density at radius 1 is 0.534 bits per heavy atom. The smallest absolute Gasteiger partial charge is 0.417 e. The number of fused-ring (bicyclic) bond motifs is 3. The second kappa shape index (κ2) is 49.6. The highest BCUT2D eigenvalue weighted by Gasteiger charge is 2.62. The molecular weight excluding hydrogens is 2220 g/mol. The molecule has 3 aliphatic carbocycles. The molecule has 44 nitrogen and oxygen atoms in total. The summed E-state index contributed by atoms with van der Waals surface area (Å²) >= 11 is 25.7. The number of halogens is 4. The summed E-state index contributed by atoms with van der Waals surface area (Å²) in [5.41, 5.74) is -2.56. The summed E-state index contributed by atoms with van der Waals surface area (Å²) < 4.78 is 79.9. The van der Waals surface area contributed by atoms with Crippen LogP contribution in [0.1, 0.15) is 126 Å². The van der Waals surface area contributed by atoms with Gasteiger partial charge in [0.25, 0.3) is 41.4 Å². The molecule has 12 radical (unpaired) electrons. The van der Waals surface area contributed by atoms with Crippen LogP contribution in [0.25, 0.3) is 0 Å². The number of alkyl halides is 3. The van der Waals surface area contributed by atoms with Crippen LogP contribution in [0.15, 0.2) is 126 Å². The number of benzene rings is 3. The predicted octanol–water partition coefficient (Wildman–Crippen LogP) is 4.77. The molecule has 6 aromatic rings. The highest BCUT2D eigenvalue weighted by Crippen LogP contribution is 2.47. The first-order valence-corrected chi connectivity index (χ1v) is 53.9. The summed E-state index contributed by atoms with van der Waals surface area (Å²) in [6, 6.07) is 14.7. The summed E-state index contributed by atoms with van der Waals surface area (Å²) in [7, 11) is 29.7. The third-order valence-electron chi connectivity index (χ3n) is 23.5. The molecule has 0 bridgehead atoms. The van der Waals surface area contributed by atoms with E-state index in [2.05, 4.69) is 79.2 Å². The average Bonchev–Trinajstić information content (AvgIpc) is 1.56. The highest BCUT2D eigenvalue weighted by molar-refractivity contribution is 14.1. The molecule has 7 aliphatic heterocycles. The van der Waals surface area contributed by atoms with E-state index in [0.29, 0.717) is 74.3 Å². The maximum Gasteiger partial charge on any atom is 0.417 e. The van der Waals surface area contributed by atoms with E-state index >= 15 is 0 Å². The number of imide groups is 1. The Morgan fingerprint density at radius 2 is 0.919 bits per heavy atom. The lowest BCUT2D eigenvalue weighted by Crippen LogP contribution is -2.74. The van der Waals surface area contributed by atoms with Crippen LogP contribution in [0.3, 0.4) is 0 Å². The fraction of sp³-hybridized carbons (Fsp3) is 0.432. The Kier molecular flexibility index (Phi) is 38.1. The number of carbonyl (C=O) groups excluding carboxylic acids is 14. The Bertz CT molecular complexity index is 6260. The van der Waals surface area contributed by atoms with Crippen LogP contribution in [-0.4, -0.2) is 327 Å². The number of hydrogen-bond donors (Lipinski definition) is 3. The number of thioether (sulfide) groups is 1. The molecule has 3 aromatic heterocycles. The molecule has 8 atom stereocenters. The number of aromatic nitrogens is 3. The first-order chi connectivity index (χ1) is 70.7. The highest BCUT2D eigenvalue weighted by atomic mass is 127. The maximum atomic E-state index is 13.9. The monoisotopic (exact) mass is 2310 g/mol. The molecule has 10 heterocycles. The van der Waals surface area contributed by atoms with Crippen molar-refractivity contribution in [3.8, 4) is 23.0 Å². The number of rotatable bonds is 36. The van der Waals surface area contributed by atoms with E-state index in [0.717, 1.165) is 63.3 Å². The number of amides is 8. The molecule has 3 N–H and O–H groups in total. The van der Waals surface area contributed by atoms with Gasteiger partial charge < -0.3 is 87.0 Å². The maximum absolute atomic E-state index is 13.9. The quantitative estimate of drug-likeness (QED) is 0.0119. The van der Waals surface area contributed by atoms with Gasteiger partial charge in [0.15, 0.2) is 28.6 Å². The third-order valence-corrected chi connectivity index (χ3v) is 32.4. The Labute approximate surface area is 902 Å². The van der Waals surface area contributed by atoms with Crippen molar-refractivity contribution in [1.29, 1.82) is 0 Å². The number of hydrogen-bond acceptors (Lipinski definition) is 41. The average molecular weight is 2310 g/mol. The minimum Gasteiger partial charge on any atom is -0.540 e. The van der Waals surface area contributed by atoms with Gasteiger partial charge in [0.2, 0.25) is 16.8 Å². The van der Waals surface area contributed by atoms with E-state index in [1.165, 1.54) is 56.1 Å². The van der Waals surface area contributed by atoms with Gasteiger partial charge in [-0.05, 0) is 132 Å². The summed E-state index contributed by atoms with van der Waals surface area (Å²) in [4.78, 5) is 212.